The minimum atomic E-state index is 0.0965. The van der Waals surface area contributed by atoms with Crippen molar-refractivity contribution in [3.8, 4) is 0 Å². The maximum absolute atomic E-state index is 12.2. The number of ether oxygens (including phenoxy) is 1. The van der Waals surface area contributed by atoms with E-state index in [0.29, 0.717) is 12.5 Å². The van der Waals surface area contributed by atoms with Crippen LogP contribution in [0.5, 0.6) is 0 Å². The Bertz CT molecular complexity index is 450. The Labute approximate surface area is 125 Å². The summed E-state index contributed by atoms with van der Waals surface area (Å²) in [5.74, 6) is 1.81. The molecule has 1 saturated carbocycles. The zero-order chi connectivity index (χ0) is 14.7. The van der Waals surface area contributed by atoms with Crippen LogP contribution in [0.2, 0.25) is 0 Å². The number of hydrogen-bond donors (Lipinski definition) is 1. The Morgan fingerprint density at radius 1 is 1.43 bits per heavy atom. The molecule has 0 radical (unpaired) electrons. The number of nitrogens with zero attached hydrogens (tertiary/aromatic N) is 1. The molecule has 1 aliphatic carbocycles. The molecule has 0 aromatic carbocycles. The van der Waals surface area contributed by atoms with Crippen molar-refractivity contribution >= 4 is 5.91 Å². The number of hydrogen-bond acceptors (Lipinski definition) is 4. The fraction of sp³-hybridized carbons (Fsp3) is 0.688. The lowest BCUT2D eigenvalue weighted by Crippen LogP contribution is -2.44. The molecule has 1 aliphatic heterocycles. The average molecular weight is 292 g/mol. The maximum Gasteiger partial charge on any atom is 0.223 e. The van der Waals surface area contributed by atoms with Gasteiger partial charge in [-0.3, -0.25) is 9.69 Å². The van der Waals surface area contributed by atoms with Gasteiger partial charge in [0.1, 0.15) is 5.76 Å². The van der Waals surface area contributed by atoms with Gasteiger partial charge < -0.3 is 14.5 Å². The van der Waals surface area contributed by atoms with Crippen molar-refractivity contribution in [1.82, 2.24) is 10.2 Å². The minimum Gasteiger partial charge on any atom is -0.468 e. The van der Waals surface area contributed by atoms with E-state index in [1.807, 2.05) is 19.1 Å². The van der Waals surface area contributed by atoms with E-state index in [4.69, 9.17) is 9.15 Å². The van der Waals surface area contributed by atoms with Gasteiger partial charge in [-0.1, -0.05) is 6.92 Å². The second-order valence-electron chi connectivity index (χ2n) is 6.05. The monoisotopic (exact) mass is 292 g/mol. The Kier molecular flexibility index (Phi) is 4.60. The summed E-state index contributed by atoms with van der Waals surface area (Å²) in [7, 11) is 0. The molecule has 0 spiro atoms. The highest BCUT2D eigenvalue weighted by Gasteiger charge is 2.33. The van der Waals surface area contributed by atoms with Gasteiger partial charge in [-0.2, -0.15) is 0 Å². The minimum absolute atomic E-state index is 0.0965. The molecule has 5 nitrogen and oxygen atoms in total. The molecule has 0 bridgehead atoms. The van der Waals surface area contributed by atoms with Crippen LogP contribution in [0.1, 0.15) is 31.6 Å². The molecule has 2 aliphatic rings. The van der Waals surface area contributed by atoms with Gasteiger partial charge in [0.2, 0.25) is 5.91 Å². The quantitative estimate of drug-likeness (QED) is 0.869. The van der Waals surface area contributed by atoms with Gasteiger partial charge in [-0.05, 0) is 30.9 Å². The summed E-state index contributed by atoms with van der Waals surface area (Å²) < 4.78 is 11.0. The van der Waals surface area contributed by atoms with E-state index < -0.39 is 0 Å². The van der Waals surface area contributed by atoms with E-state index in [-0.39, 0.29) is 17.9 Å². The van der Waals surface area contributed by atoms with Crippen molar-refractivity contribution < 1.29 is 13.9 Å². The molecule has 1 aromatic rings. The van der Waals surface area contributed by atoms with Crippen molar-refractivity contribution in [3.63, 3.8) is 0 Å². The molecule has 3 rings (SSSR count). The Morgan fingerprint density at radius 2 is 2.19 bits per heavy atom. The van der Waals surface area contributed by atoms with Crippen LogP contribution in [0.3, 0.4) is 0 Å². The molecular weight excluding hydrogens is 268 g/mol. The third kappa shape index (κ3) is 3.66. The largest absolute Gasteiger partial charge is 0.468 e. The van der Waals surface area contributed by atoms with Gasteiger partial charge in [-0.15, -0.1) is 0 Å². The molecule has 1 amide bonds. The van der Waals surface area contributed by atoms with Crippen LogP contribution >= 0.6 is 0 Å². The van der Waals surface area contributed by atoms with Crippen molar-refractivity contribution in [1.29, 1.82) is 0 Å². The normalized spacial score (nSPS) is 22.7. The van der Waals surface area contributed by atoms with Crippen molar-refractivity contribution in [2.75, 3.05) is 32.8 Å². The fourth-order valence-corrected chi connectivity index (χ4v) is 2.95. The summed E-state index contributed by atoms with van der Waals surface area (Å²) >= 11 is 0. The van der Waals surface area contributed by atoms with E-state index in [1.54, 1.807) is 6.26 Å². The maximum atomic E-state index is 12.2. The first-order valence-corrected chi connectivity index (χ1v) is 7.88. The standard InChI is InChI=1S/C16H24N2O3/c1-12(13-4-5-13)16(19)17-11-14(15-3-2-8-21-15)18-6-9-20-10-7-18/h2-3,8,12-14H,4-7,9-11H2,1H3,(H,17,19). The number of carbonyl (C=O) groups is 1. The lowest BCUT2D eigenvalue weighted by atomic mass is 10.1. The van der Waals surface area contributed by atoms with E-state index in [1.165, 1.54) is 12.8 Å². The van der Waals surface area contributed by atoms with Crippen LogP contribution in [0, 0.1) is 11.8 Å². The van der Waals surface area contributed by atoms with E-state index >= 15 is 0 Å². The fourth-order valence-electron chi connectivity index (χ4n) is 2.95. The van der Waals surface area contributed by atoms with E-state index in [9.17, 15) is 4.79 Å². The SMILES string of the molecule is CC(C(=O)NCC(c1ccco1)N1CCOCC1)C1CC1. The van der Waals surface area contributed by atoms with Crippen LogP contribution in [-0.4, -0.2) is 43.7 Å². The summed E-state index contributed by atoms with van der Waals surface area (Å²) in [5.41, 5.74) is 0. The first kappa shape index (κ1) is 14.6. The molecule has 21 heavy (non-hydrogen) atoms. The van der Waals surface area contributed by atoms with Gasteiger partial charge in [0.15, 0.2) is 0 Å². The lowest BCUT2D eigenvalue weighted by molar-refractivity contribution is -0.125. The van der Waals surface area contributed by atoms with E-state index in [2.05, 4.69) is 10.2 Å². The van der Waals surface area contributed by atoms with Crippen LogP contribution in [0.25, 0.3) is 0 Å². The predicted molar refractivity (Wildman–Crippen MR) is 78.7 cm³/mol. The molecule has 1 saturated heterocycles. The summed E-state index contributed by atoms with van der Waals surface area (Å²) in [5, 5.41) is 3.11. The molecule has 1 N–H and O–H groups in total. The number of furan rings is 1. The van der Waals surface area contributed by atoms with E-state index in [0.717, 1.165) is 32.1 Å². The van der Waals surface area contributed by atoms with Crippen LogP contribution in [-0.2, 0) is 9.53 Å². The third-order valence-electron chi connectivity index (χ3n) is 4.57. The molecule has 2 fully saturated rings. The van der Waals surface area contributed by atoms with Crippen molar-refractivity contribution in [2.24, 2.45) is 11.8 Å². The molecular formula is C16H24N2O3. The van der Waals surface area contributed by atoms with Crippen molar-refractivity contribution in [3.05, 3.63) is 24.2 Å². The summed E-state index contributed by atoms with van der Waals surface area (Å²) in [6.45, 7) is 5.86. The number of morpholine rings is 1. The molecule has 2 unspecified atom stereocenters. The third-order valence-corrected chi connectivity index (χ3v) is 4.57. The first-order chi connectivity index (χ1) is 10.3. The smallest absolute Gasteiger partial charge is 0.223 e. The second kappa shape index (κ2) is 6.62. The van der Waals surface area contributed by atoms with Crippen LogP contribution in [0.4, 0.5) is 0 Å². The predicted octanol–water partition coefficient (Wildman–Crippen LogP) is 1.82. The van der Waals surface area contributed by atoms with Crippen LogP contribution in [0.15, 0.2) is 22.8 Å². The first-order valence-electron chi connectivity index (χ1n) is 7.88. The van der Waals surface area contributed by atoms with Gasteiger partial charge in [-0.25, -0.2) is 0 Å². The van der Waals surface area contributed by atoms with Crippen molar-refractivity contribution in [2.45, 2.75) is 25.8 Å². The number of rotatable bonds is 6. The molecule has 2 atom stereocenters. The van der Waals surface area contributed by atoms with Crippen LogP contribution < -0.4 is 5.32 Å². The molecule has 116 valence electrons. The van der Waals surface area contributed by atoms with Gasteiger partial charge in [0.25, 0.3) is 0 Å². The second-order valence-corrected chi connectivity index (χ2v) is 6.05. The summed E-state index contributed by atoms with van der Waals surface area (Å²) in [4.78, 5) is 14.5. The molecule has 2 heterocycles. The zero-order valence-electron chi connectivity index (χ0n) is 12.6. The summed E-state index contributed by atoms with van der Waals surface area (Å²) in [6.07, 6.45) is 4.08. The highest BCUT2D eigenvalue weighted by Crippen LogP contribution is 2.36. The summed E-state index contributed by atoms with van der Waals surface area (Å²) in [6, 6.07) is 3.98. The Hall–Kier alpha value is -1.33. The average Bonchev–Trinajstić information content (AvgIpc) is 3.24. The highest BCUT2D eigenvalue weighted by molar-refractivity contribution is 5.78. The molecule has 5 heteroatoms. The zero-order valence-corrected chi connectivity index (χ0v) is 12.6. The number of carbonyl (C=O) groups excluding carboxylic acids is 1. The highest BCUT2D eigenvalue weighted by atomic mass is 16.5. The van der Waals surface area contributed by atoms with Gasteiger partial charge in [0, 0.05) is 25.6 Å². The topological polar surface area (TPSA) is 54.7 Å². The Morgan fingerprint density at radius 3 is 2.81 bits per heavy atom. The number of amides is 1. The van der Waals surface area contributed by atoms with Gasteiger partial charge in [0.05, 0.1) is 25.5 Å². The molecule has 1 aromatic heterocycles. The van der Waals surface area contributed by atoms with Gasteiger partial charge >= 0.3 is 0 Å². The Balaban J connectivity index is 1.60. The number of nitrogens with one attached hydrogen (secondary N) is 1. The lowest BCUT2D eigenvalue weighted by Gasteiger charge is -2.33.